The maximum Gasteiger partial charge on any atom is 0.0949 e. The lowest BCUT2D eigenvalue weighted by Gasteiger charge is -2.25. The second kappa shape index (κ2) is 4.34. The van der Waals surface area contributed by atoms with Gasteiger partial charge in [0, 0.05) is 19.3 Å². The van der Waals surface area contributed by atoms with Crippen LogP contribution in [0, 0.1) is 6.92 Å². The number of aromatic nitrogens is 2. The molecule has 0 bridgehead atoms. The van der Waals surface area contributed by atoms with Crippen LogP contribution >= 0.6 is 0 Å². The highest BCUT2D eigenvalue weighted by atomic mass is 15.1. The molecule has 1 atom stereocenters. The molecule has 0 spiro atoms. The number of fused-ring (bicyclic) bond motifs is 1. The highest BCUT2D eigenvalue weighted by Crippen LogP contribution is 2.21. The molecule has 0 radical (unpaired) electrons. The average Bonchev–Trinajstić information content (AvgIpc) is 2.78. The Balaban J connectivity index is 1.84. The van der Waals surface area contributed by atoms with Crippen molar-refractivity contribution in [3.8, 4) is 0 Å². The van der Waals surface area contributed by atoms with Crippen LogP contribution in [0.4, 0.5) is 0 Å². The minimum Gasteiger partial charge on any atom is -0.332 e. The van der Waals surface area contributed by atoms with Gasteiger partial charge in [-0.25, -0.2) is 4.98 Å². The second-order valence-electron chi connectivity index (χ2n) is 4.71. The van der Waals surface area contributed by atoms with Crippen molar-refractivity contribution in [3.63, 3.8) is 0 Å². The Labute approximate surface area is 101 Å². The molecule has 0 aliphatic carbocycles. The van der Waals surface area contributed by atoms with Crippen molar-refractivity contribution in [3.05, 3.63) is 53.6 Å². The van der Waals surface area contributed by atoms with Crippen molar-refractivity contribution >= 4 is 0 Å². The van der Waals surface area contributed by atoms with E-state index in [9.17, 15) is 0 Å². The van der Waals surface area contributed by atoms with Crippen LogP contribution < -0.4 is 5.32 Å². The molecule has 0 fully saturated rings. The molecule has 3 nitrogen and oxygen atoms in total. The van der Waals surface area contributed by atoms with Gasteiger partial charge in [0.15, 0.2) is 0 Å². The van der Waals surface area contributed by atoms with Crippen molar-refractivity contribution in [2.24, 2.45) is 0 Å². The van der Waals surface area contributed by atoms with Gasteiger partial charge in [-0.05, 0) is 18.9 Å². The summed E-state index contributed by atoms with van der Waals surface area (Å²) in [7, 11) is 0. The van der Waals surface area contributed by atoms with Crippen molar-refractivity contribution < 1.29 is 0 Å². The fourth-order valence-corrected chi connectivity index (χ4v) is 2.52. The minimum absolute atomic E-state index is 0.396. The number of nitrogens with zero attached hydrogens (tertiary/aromatic N) is 2. The summed E-state index contributed by atoms with van der Waals surface area (Å²) in [5.74, 6) is 0. The molecule has 17 heavy (non-hydrogen) atoms. The van der Waals surface area contributed by atoms with Gasteiger partial charge in [0.05, 0.1) is 18.1 Å². The molecule has 1 N–H and O–H groups in total. The highest BCUT2D eigenvalue weighted by molar-refractivity contribution is 5.24. The molecule has 0 amide bonds. The summed E-state index contributed by atoms with van der Waals surface area (Å²) in [4.78, 5) is 4.24. The molecule has 1 aliphatic heterocycles. The van der Waals surface area contributed by atoms with E-state index in [0.29, 0.717) is 6.04 Å². The van der Waals surface area contributed by atoms with Gasteiger partial charge in [-0.3, -0.25) is 0 Å². The topological polar surface area (TPSA) is 29.9 Å². The lowest BCUT2D eigenvalue weighted by atomic mass is 10.0. The van der Waals surface area contributed by atoms with Crippen LogP contribution in [0.3, 0.4) is 0 Å². The van der Waals surface area contributed by atoms with Gasteiger partial charge in [-0.1, -0.05) is 29.8 Å². The van der Waals surface area contributed by atoms with Crippen molar-refractivity contribution in [1.82, 2.24) is 14.9 Å². The molecular formula is C14H17N3. The Morgan fingerprint density at radius 2 is 2.41 bits per heavy atom. The van der Waals surface area contributed by atoms with E-state index in [1.807, 2.05) is 12.5 Å². The van der Waals surface area contributed by atoms with E-state index >= 15 is 0 Å². The fraction of sp³-hybridized carbons (Fsp3) is 0.357. The number of nitrogens with one attached hydrogen (secondary N) is 1. The zero-order valence-electron chi connectivity index (χ0n) is 10.1. The summed E-state index contributed by atoms with van der Waals surface area (Å²) in [5, 5.41) is 3.57. The number of hydrogen-bond donors (Lipinski definition) is 1. The zero-order chi connectivity index (χ0) is 11.7. The first-order valence-corrected chi connectivity index (χ1v) is 6.12. The van der Waals surface area contributed by atoms with Gasteiger partial charge >= 0.3 is 0 Å². The third-order valence-corrected chi connectivity index (χ3v) is 3.37. The maximum absolute atomic E-state index is 4.24. The van der Waals surface area contributed by atoms with Gasteiger partial charge in [0.25, 0.3) is 0 Å². The summed E-state index contributed by atoms with van der Waals surface area (Å²) in [6, 6.07) is 9.13. The molecule has 1 unspecified atom stereocenters. The Morgan fingerprint density at radius 1 is 1.47 bits per heavy atom. The standard InChI is InChI=1S/C14H17N3/c1-11-3-2-4-12(7-11)8-13-14-9-15-10-17(14)6-5-16-13/h2-4,7,9-10,13,16H,5-6,8H2,1H3. The number of benzene rings is 1. The Morgan fingerprint density at radius 3 is 3.29 bits per heavy atom. The predicted molar refractivity (Wildman–Crippen MR) is 67.9 cm³/mol. The lowest BCUT2D eigenvalue weighted by molar-refractivity contribution is 0.423. The SMILES string of the molecule is Cc1cccc(CC2NCCn3cncc32)c1. The smallest absolute Gasteiger partial charge is 0.0949 e. The van der Waals surface area contributed by atoms with E-state index in [1.165, 1.54) is 16.8 Å². The van der Waals surface area contributed by atoms with Crippen molar-refractivity contribution in [1.29, 1.82) is 0 Å². The van der Waals surface area contributed by atoms with Gasteiger partial charge in [0.1, 0.15) is 0 Å². The van der Waals surface area contributed by atoms with E-state index < -0.39 is 0 Å². The van der Waals surface area contributed by atoms with Crippen LogP contribution in [0.1, 0.15) is 22.9 Å². The molecule has 1 aliphatic rings. The van der Waals surface area contributed by atoms with E-state index in [2.05, 4.69) is 46.1 Å². The highest BCUT2D eigenvalue weighted by Gasteiger charge is 2.19. The molecule has 1 aromatic heterocycles. The lowest BCUT2D eigenvalue weighted by Crippen LogP contribution is -2.34. The Hall–Kier alpha value is -1.61. The number of aryl methyl sites for hydroxylation is 1. The molecule has 0 saturated carbocycles. The monoisotopic (exact) mass is 227 g/mol. The van der Waals surface area contributed by atoms with Crippen LogP contribution in [0.15, 0.2) is 36.8 Å². The first-order valence-electron chi connectivity index (χ1n) is 6.12. The van der Waals surface area contributed by atoms with Crippen LogP contribution in [0.5, 0.6) is 0 Å². The molecule has 88 valence electrons. The zero-order valence-corrected chi connectivity index (χ0v) is 10.1. The third kappa shape index (κ3) is 2.11. The molecule has 2 aromatic rings. The van der Waals surface area contributed by atoms with E-state index in [-0.39, 0.29) is 0 Å². The fourth-order valence-electron chi connectivity index (χ4n) is 2.52. The maximum atomic E-state index is 4.24. The number of hydrogen-bond acceptors (Lipinski definition) is 2. The first kappa shape index (κ1) is 10.5. The third-order valence-electron chi connectivity index (χ3n) is 3.37. The Kier molecular flexibility index (Phi) is 2.69. The van der Waals surface area contributed by atoms with E-state index in [0.717, 1.165) is 19.5 Å². The van der Waals surface area contributed by atoms with Crippen molar-refractivity contribution in [2.75, 3.05) is 6.54 Å². The van der Waals surface area contributed by atoms with E-state index in [1.54, 1.807) is 0 Å². The molecule has 0 saturated heterocycles. The minimum atomic E-state index is 0.396. The summed E-state index contributed by atoms with van der Waals surface area (Å²) in [5.41, 5.74) is 4.02. The van der Waals surface area contributed by atoms with Crippen molar-refractivity contribution in [2.45, 2.75) is 25.9 Å². The second-order valence-corrected chi connectivity index (χ2v) is 4.71. The first-order chi connectivity index (χ1) is 8.33. The van der Waals surface area contributed by atoms with Crippen LogP contribution in [-0.4, -0.2) is 16.1 Å². The van der Waals surface area contributed by atoms with E-state index in [4.69, 9.17) is 0 Å². The van der Waals surface area contributed by atoms with Crippen LogP contribution in [0.2, 0.25) is 0 Å². The van der Waals surface area contributed by atoms with Gasteiger partial charge in [-0.2, -0.15) is 0 Å². The quantitative estimate of drug-likeness (QED) is 0.851. The molecule has 2 heterocycles. The summed E-state index contributed by atoms with van der Waals surface area (Å²) in [6.07, 6.45) is 4.94. The van der Waals surface area contributed by atoms with Gasteiger partial charge in [0.2, 0.25) is 0 Å². The van der Waals surface area contributed by atoms with Gasteiger partial charge in [-0.15, -0.1) is 0 Å². The van der Waals surface area contributed by atoms with Crippen LogP contribution in [0.25, 0.3) is 0 Å². The Bertz CT molecular complexity index is 516. The number of imidazole rings is 1. The summed E-state index contributed by atoms with van der Waals surface area (Å²) >= 11 is 0. The predicted octanol–water partition coefficient (Wildman–Crippen LogP) is 2.08. The van der Waals surface area contributed by atoms with Crippen LogP contribution in [-0.2, 0) is 13.0 Å². The largest absolute Gasteiger partial charge is 0.332 e. The molecular weight excluding hydrogens is 210 g/mol. The normalized spacial score (nSPS) is 19.0. The molecule has 3 rings (SSSR count). The summed E-state index contributed by atoms with van der Waals surface area (Å²) in [6.45, 7) is 4.20. The number of rotatable bonds is 2. The average molecular weight is 227 g/mol. The molecule has 3 heteroatoms. The molecule has 1 aromatic carbocycles. The van der Waals surface area contributed by atoms with Gasteiger partial charge < -0.3 is 9.88 Å². The summed E-state index contributed by atoms with van der Waals surface area (Å²) < 4.78 is 2.25.